The zero-order valence-corrected chi connectivity index (χ0v) is 47.3. The number of rotatable bonds is 11. The molecule has 7 fully saturated rings. The third-order valence-corrected chi connectivity index (χ3v) is 15.4. The molecule has 0 radical (unpaired) electrons. The maximum Gasteiger partial charge on any atom is 0.425 e. The first kappa shape index (κ1) is 73.1. The van der Waals surface area contributed by atoms with Gasteiger partial charge < -0.3 is 23.7 Å². The summed E-state index contributed by atoms with van der Waals surface area (Å²) in [4.78, 5) is 56.2. The second-order valence-corrected chi connectivity index (χ2v) is 22.9. The minimum atomic E-state index is -4.74. The molecule has 0 N–H and O–H groups in total. The Morgan fingerprint density at radius 3 is 1.09 bits per heavy atom. The van der Waals surface area contributed by atoms with Crippen molar-refractivity contribution in [2.24, 2.45) is 41.4 Å². The first-order chi connectivity index (χ1) is 37.2. The normalized spacial score (nSPS) is 29.0. The summed E-state index contributed by atoms with van der Waals surface area (Å²) in [5, 5.41) is 0. The van der Waals surface area contributed by atoms with Gasteiger partial charge in [-0.25, -0.2) is 24.0 Å². The van der Waals surface area contributed by atoms with E-state index in [0.717, 1.165) is 43.9 Å². The Hall–Kier alpha value is -5.00. The van der Waals surface area contributed by atoms with Crippen molar-refractivity contribution < 1.29 is 114 Å². The van der Waals surface area contributed by atoms with Gasteiger partial charge in [0.15, 0.2) is 6.10 Å². The molecule has 3 atom stereocenters. The van der Waals surface area contributed by atoms with Gasteiger partial charge in [-0.15, -0.1) is 0 Å². The summed E-state index contributed by atoms with van der Waals surface area (Å²) in [7, 11) is 0. The average Bonchev–Trinajstić information content (AvgIpc) is 3.33. The van der Waals surface area contributed by atoms with Crippen LogP contribution in [0.25, 0.3) is 0 Å². The molecular weight excluding hydrogens is 1130 g/mol. The van der Waals surface area contributed by atoms with Crippen molar-refractivity contribution in [2.45, 2.75) is 224 Å². The Kier molecular flexibility index (Phi) is 26.5. The van der Waals surface area contributed by atoms with Crippen molar-refractivity contribution in [1.29, 1.82) is 0 Å². The highest BCUT2D eigenvalue weighted by atomic mass is 19.4. The van der Waals surface area contributed by atoms with Crippen LogP contribution in [0.1, 0.15) is 164 Å². The fraction of sp³-hybridized carbons (Fsp3) is 0.737. The van der Waals surface area contributed by atoms with E-state index in [9.17, 15) is 89.8 Å². The third-order valence-electron chi connectivity index (χ3n) is 15.4. The molecule has 25 heteroatoms. The van der Waals surface area contributed by atoms with Crippen LogP contribution in [0.4, 0.5) is 65.9 Å². The summed E-state index contributed by atoms with van der Waals surface area (Å²) in [6.45, 7) is 26.9. The maximum atomic E-state index is 12.6. The highest BCUT2D eigenvalue weighted by molar-refractivity contribution is 5.88. The Bertz CT molecular complexity index is 2190. The summed E-state index contributed by atoms with van der Waals surface area (Å²) in [6.07, 6.45) is -19.2. The van der Waals surface area contributed by atoms with Gasteiger partial charge >= 0.3 is 60.7 Å². The molecule has 7 aliphatic rings. The van der Waals surface area contributed by atoms with Crippen LogP contribution >= 0.6 is 0 Å². The molecule has 82 heavy (non-hydrogen) atoms. The molecule has 0 aliphatic heterocycles. The van der Waals surface area contributed by atoms with Crippen LogP contribution in [0.5, 0.6) is 0 Å². The lowest BCUT2D eigenvalue weighted by atomic mass is 9.54. The van der Waals surface area contributed by atoms with Crippen LogP contribution in [-0.2, 0) is 47.7 Å². The van der Waals surface area contributed by atoms with E-state index in [1.54, 1.807) is 6.92 Å². The lowest BCUT2D eigenvalue weighted by molar-refractivity contribution is -0.236. The summed E-state index contributed by atoms with van der Waals surface area (Å²) < 4.78 is 211. The van der Waals surface area contributed by atoms with Crippen LogP contribution in [0.3, 0.4) is 0 Å². The van der Waals surface area contributed by atoms with Crippen LogP contribution in [0, 0.1) is 41.4 Å². The van der Waals surface area contributed by atoms with E-state index >= 15 is 0 Å². The number of hydrogen-bond acceptors (Lipinski definition) is 10. The van der Waals surface area contributed by atoms with Gasteiger partial charge in [0.25, 0.3) is 0 Å². The van der Waals surface area contributed by atoms with Gasteiger partial charge in [-0.3, -0.25) is 0 Å². The van der Waals surface area contributed by atoms with E-state index in [1.807, 2.05) is 6.92 Å². The number of hydrogen-bond donors (Lipinski definition) is 0. The average molecular weight is 1210 g/mol. The molecule has 470 valence electrons. The van der Waals surface area contributed by atoms with E-state index in [0.29, 0.717) is 12.0 Å². The number of carbonyl (C=O) groups is 5. The number of ether oxygens (including phenoxy) is 5. The fourth-order valence-electron chi connectivity index (χ4n) is 11.0. The number of esters is 5. The van der Waals surface area contributed by atoms with E-state index < -0.39 is 116 Å². The molecule has 3 unspecified atom stereocenters. The van der Waals surface area contributed by atoms with E-state index in [-0.39, 0.29) is 91.3 Å². The molecular formula is C57H77F15O10. The predicted octanol–water partition coefficient (Wildman–Crippen LogP) is 16.4. The predicted molar refractivity (Wildman–Crippen MR) is 271 cm³/mol. The van der Waals surface area contributed by atoms with Gasteiger partial charge in [-0.1, -0.05) is 39.8 Å². The molecule has 7 saturated carbocycles. The molecule has 0 spiro atoms. The van der Waals surface area contributed by atoms with Gasteiger partial charge in [-0.2, -0.15) is 65.9 Å². The first-order valence-electron chi connectivity index (χ1n) is 26.9. The van der Waals surface area contributed by atoms with Gasteiger partial charge in [0.2, 0.25) is 0 Å². The van der Waals surface area contributed by atoms with Crippen molar-refractivity contribution in [2.75, 3.05) is 0 Å². The van der Waals surface area contributed by atoms with E-state index in [2.05, 4.69) is 42.4 Å². The van der Waals surface area contributed by atoms with Gasteiger partial charge in [-0.05, 0) is 175 Å². The van der Waals surface area contributed by atoms with Gasteiger partial charge in [0.1, 0.15) is 23.4 Å². The van der Waals surface area contributed by atoms with Crippen molar-refractivity contribution in [1.82, 2.24) is 0 Å². The summed E-state index contributed by atoms with van der Waals surface area (Å²) in [5.74, 6) is -7.49. The number of alkyl halides is 15. The first-order valence-corrected chi connectivity index (χ1v) is 26.9. The zero-order valence-electron chi connectivity index (χ0n) is 47.3. The molecule has 0 amide bonds. The molecule has 7 aliphatic carbocycles. The van der Waals surface area contributed by atoms with Crippen molar-refractivity contribution in [3.05, 3.63) is 60.8 Å². The molecule has 0 heterocycles. The molecule has 0 aromatic heterocycles. The summed E-state index contributed by atoms with van der Waals surface area (Å²) in [5.41, 5.74) is 0.131. The Balaban J connectivity index is 0.000000353. The molecule has 4 bridgehead atoms. The summed E-state index contributed by atoms with van der Waals surface area (Å²) in [6, 6.07) is 0. The SMILES string of the molecule is C=C(C)C(=O)OC(C)C(F)(F)F.C=C(C)C(=O)OC1(CC)CCC(C(F)(F)F)CC1.C=C(C)C(=O)OC12CC3CC(CC(C3)C1)C2.C=C(C)C(=O)OC1CC(C(F)(F)F)CC(C(F)(F)F)C1.C=C(C)C(=O)OC1CCC(C(F)(F)F)CC1. The van der Waals surface area contributed by atoms with Crippen LogP contribution in [-0.4, -0.2) is 90.2 Å². The molecule has 0 aromatic rings. The van der Waals surface area contributed by atoms with Gasteiger partial charge in [0.05, 0.1) is 23.7 Å². The number of carbonyl (C=O) groups excluding carboxylic acids is 5. The smallest absolute Gasteiger partial charge is 0.425 e. The largest absolute Gasteiger partial charge is 0.459 e. The molecule has 0 saturated heterocycles. The Morgan fingerprint density at radius 1 is 0.439 bits per heavy atom. The maximum absolute atomic E-state index is 12.6. The van der Waals surface area contributed by atoms with E-state index in [4.69, 9.17) is 14.2 Å². The minimum absolute atomic E-state index is 0.0286. The Morgan fingerprint density at radius 2 is 0.768 bits per heavy atom. The van der Waals surface area contributed by atoms with Crippen LogP contribution in [0.2, 0.25) is 0 Å². The topological polar surface area (TPSA) is 132 Å². The molecule has 0 aromatic carbocycles. The minimum Gasteiger partial charge on any atom is -0.459 e. The lowest BCUT2D eigenvalue weighted by Gasteiger charge is -2.55. The second-order valence-electron chi connectivity index (χ2n) is 22.9. The lowest BCUT2D eigenvalue weighted by Crippen LogP contribution is -2.52. The van der Waals surface area contributed by atoms with Crippen molar-refractivity contribution in [3.8, 4) is 0 Å². The highest BCUT2D eigenvalue weighted by Gasteiger charge is 2.55. The molecule has 7 rings (SSSR count). The van der Waals surface area contributed by atoms with Crippen LogP contribution in [0.15, 0.2) is 60.8 Å². The summed E-state index contributed by atoms with van der Waals surface area (Å²) >= 11 is 0. The second kappa shape index (κ2) is 29.7. The molecule has 10 nitrogen and oxygen atoms in total. The monoisotopic (exact) mass is 1210 g/mol. The highest BCUT2D eigenvalue weighted by Crippen LogP contribution is 2.57. The standard InChI is InChI=1S/C14H20O2.C13H19F3O2.C12H14F6O2.C11H15F3O2.C7H9F3O2/c1-9(2)13(15)16-14-6-10-3-11(7-14)5-12(4-10)8-14;1-4-12(18-11(17)9(2)3)7-5-10(6-8-12)13(14,15)16;1-6(2)10(19)20-9-4-7(11(13,14)15)3-8(5-9)12(16,17)18;1-7(2)10(15)16-9-5-3-8(4-6-9)11(12,13)14;1-4(2)6(11)12-5(3)7(8,9)10/h10-12H,1,3-8H2,2H3;10H,2,4-8H2,1,3H3;7-9H,1,3-5H2,2H3;8-9H,1,3-6H2,2H3;5H,1H2,2-3H3. The van der Waals surface area contributed by atoms with Crippen molar-refractivity contribution >= 4 is 29.8 Å². The Labute approximate surface area is 469 Å². The number of halogens is 15. The zero-order chi connectivity index (χ0) is 63.3. The quantitative estimate of drug-likeness (QED) is 0.0852. The van der Waals surface area contributed by atoms with E-state index in [1.165, 1.54) is 47.0 Å². The third kappa shape index (κ3) is 23.9. The fourth-order valence-corrected chi connectivity index (χ4v) is 11.0. The van der Waals surface area contributed by atoms with Gasteiger partial charge in [0, 0.05) is 27.9 Å². The van der Waals surface area contributed by atoms with Crippen molar-refractivity contribution in [3.63, 3.8) is 0 Å². The van der Waals surface area contributed by atoms with Crippen LogP contribution < -0.4 is 0 Å².